The van der Waals surface area contributed by atoms with Gasteiger partial charge in [-0.3, -0.25) is 4.90 Å². The molecule has 2 aliphatic heterocycles. The molecular weight excluding hydrogens is 204 g/mol. The van der Waals surface area contributed by atoms with Crippen LogP contribution in [0.3, 0.4) is 0 Å². The number of hydrogen-bond acceptors (Lipinski definition) is 3. The van der Waals surface area contributed by atoms with Crippen LogP contribution >= 0.6 is 11.3 Å². The van der Waals surface area contributed by atoms with Crippen LogP contribution in [0.4, 0.5) is 0 Å². The summed E-state index contributed by atoms with van der Waals surface area (Å²) in [6, 6.07) is 5.94. The fourth-order valence-corrected chi connectivity index (χ4v) is 3.80. The zero-order chi connectivity index (χ0) is 10.1. The lowest BCUT2D eigenvalue weighted by molar-refractivity contribution is 0.194. The van der Waals surface area contributed by atoms with Gasteiger partial charge in [0.25, 0.3) is 0 Å². The van der Waals surface area contributed by atoms with Crippen LogP contribution in [0.1, 0.15) is 30.2 Å². The Morgan fingerprint density at radius 2 is 2.40 bits per heavy atom. The first-order valence-electron chi connectivity index (χ1n) is 5.95. The third-order valence-electron chi connectivity index (χ3n) is 3.69. The van der Waals surface area contributed by atoms with Crippen LogP contribution in [0.15, 0.2) is 17.5 Å². The average molecular weight is 222 g/mol. The van der Waals surface area contributed by atoms with E-state index in [1.165, 1.54) is 37.2 Å². The van der Waals surface area contributed by atoms with Crippen molar-refractivity contribution in [1.29, 1.82) is 0 Å². The van der Waals surface area contributed by atoms with Gasteiger partial charge in [-0.2, -0.15) is 0 Å². The molecule has 82 valence electrons. The van der Waals surface area contributed by atoms with E-state index in [2.05, 4.69) is 27.7 Å². The van der Waals surface area contributed by atoms with Crippen LogP contribution in [0.25, 0.3) is 0 Å². The Hall–Kier alpha value is -0.380. The molecule has 3 rings (SSSR count). The van der Waals surface area contributed by atoms with Gasteiger partial charge in [-0.25, -0.2) is 0 Å². The third kappa shape index (κ3) is 1.84. The van der Waals surface area contributed by atoms with Gasteiger partial charge >= 0.3 is 0 Å². The molecule has 0 aromatic carbocycles. The molecule has 0 amide bonds. The van der Waals surface area contributed by atoms with Gasteiger partial charge in [-0.15, -0.1) is 11.3 Å². The summed E-state index contributed by atoms with van der Waals surface area (Å²) < 4.78 is 0. The van der Waals surface area contributed by atoms with E-state index in [1.807, 2.05) is 11.3 Å². The second-order valence-electron chi connectivity index (χ2n) is 4.56. The molecule has 1 aromatic rings. The van der Waals surface area contributed by atoms with Gasteiger partial charge in [0.15, 0.2) is 0 Å². The molecule has 0 spiro atoms. The molecule has 3 heterocycles. The zero-order valence-corrected chi connectivity index (χ0v) is 9.80. The van der Waals surface area contributed by atoms with Crippen molar-refractivity contribution in [2.75, 3.05) is 19.6 Å². The maximum absolute atomic E-state index is 3.58. The van der Waals surface area contributed by atoms with Crippen molar-refractivity contribution in [3.8, 4) is 0 Å². The predicted molar refractivity (Wildman–Crippen MR) is 64.3 cm³/mol. The lowest BCUT2D eigenvalue weighted by Crippen LogP contribution is -2.34. The smallest absolute Gasteiger partial charge is 0.0568 e. The highest BCUT2D eigenvalue weighted by Crippen LogP contribution is 2.33. The van der Waals surface area contributed by atoms with E-state index in [0.717, 1.165) is 12.6 Å². The van der Waals surface area contributed by atoms with E-state index in [-0.39, 0.29) is 0 Å². The largest absolute Gasteiger partial charge is 0.315 e. The predicted octanol–water partition coefficient (Wildman–Crippen LogP) is 2.25. The van der Waals surface area contributed by atoms with Crippen molar-refractivity contribution in [2.24, 2.45) is 0 Å². The Kier molecular flexibility index (Phi) is 2.77. The molecule has 1 aromatic heterocycles. The van der Waals surface area contributed by atoms with E-state index in [4.69, 9.17) is 0 Å². The number of nitrogens with zero attached hydrogens (tertiary/aromatic N) is 1. The lowest BCUT2D eigenvalue weighted by Gasteiger charge is -2.29. The van der Waals surface area contributed by atoms with Gasteiger partial charge in [-0.1, -0.05) is 6.07 Å². The second-order valence-corrected chi connectivity index (χ2v) is 5.54. The molecule has 2 nitrogen and oxygen atoms in total. The number of thiophene rings is 1. The minimum Gasteiger partial charge on any atom is -0.315 e. The molecule has 0 aliphatic carbocycles. The Morgan fingerprint density at radius 3 is 3.27 bits per heavy atom. The minimum atomic E-state index is 0.639. The summed E-state index contributed by atoms with van der Waals surface area (Å²) in [6.07, 6.45) is 4.14. The SMILES string of the molecule is c1csc(C2CNCCC3CCCN32)c1. The van der Waals surface area contributed by atoms with E-state index in [0.29, 0.717) is 6.04 Å². The zero-order valence-electron chi connectivity index (χ0n) is 8.98. The summed E-state index contributed by atoms with van der Waals surface area (Å²) in [5.74, 6) is 0. The van der Waals surface area contributed by atoms with Gasteiger partial charge in [0.1, 0.15) is 0 Å². The van der Waals surface area contributed by atoms with Crippen LogP contribution in [0.2, 0.25) is 0 Å². The molecule has 0 bridgehead atoms. The van der Waals surface area contributed by atoms with E-state index < -0.39 is 0 Å². The molecule has 2 saturated heterocycles. The van der Waals surface area contributed by atoms with Crippen molar-refractivity contribution in [3.05, 3.63) is 22.4 Å². The fourth-order valence-electron chi connectivity index (χ4n) is 2.95. The Morgan fingerprint density at radius 1 is 1.40 bits per heavy atom. The van der Waals surface area contributed by atoms with E-state index in [9.17, 15) is 0 Å². The minimum absolute atomic E-state index is 0.639. The van der Waals surface area contributed by atoms with Gasteiger partial charge in [0.2, 0.25) is 0 Å². The summed E-state index contributed by atoms with van der Waals surface area (Å²) in [5, 5.41) is 5.78. The molecule has 2 aliphatic rings. The monoisotopic (exact) mass is 222 g/mol. The number of rotatable bonds is 1. The molecule has 2 atom stereocenters. The normalized spacial score (nSPS) is 32.5. The summed E-state index contributed by atoms with van der Waals surface area (Å²) in [5.41, 5.74) is 0. The molecule has 2 unspecified atom stereocenters. The molecule has 0 radical (unpaired) electrons. The van der Waals surface area contributed by atoms with Crippen molar-refractivity contribution in [1.82, 2.24) is 10.2 Å². The maximum Gasteiger partial charge on any atom is 0.0568 e. The Labute approximate surface area is 95.3 Å². The van der Waals surface area contributed by atoms with Crippen molar-refractivity contribution in [3.63, 3.8) is 0 Å². The topological polar surface area (TPSA) is 15.3 Å². The number of nitrogens with one attached hydrogen (secondary N) is 1. The van der Waals surface area contributed by atoms with Gasteiger partial charge in [0, 0.05) is 17.5 Å². The van der Waals surface area contributed by atoms with Gasteiger partial charge in [-0.05, 0) is 43.8 Å². The van der Waals surface area contributed by atoms with Crippen LogP contribution < -0.4 is 5.32 Å². The number of hydrogen-bond donors (Lipinski definition) is 1. The standard InChI is InChI=1S/C12H18N2S/c1-3-10-5-6-13-9-11(14(10)7-1)12-4-2-8-15-12/h2,4,8,10-11,13H,1,3,5-7,9H2. The highest BCUT2D eigenvalue weighted by molar-refractivity contribution is 7.10. The molecule has 2 fully saturated rings. The molecule has 3 heteroatoms. The quantitative estimate of drug-likeness (QED) is 0.784. The Bertz CT molecular complexity index is 309. The summed E-state index contributed by atoms with van der Waals surface area (Å²) in [4.78, 5) is 4.27. The highest BCUT2D eigenvalue weighted by Gasteiger charge is 2.33. The first-order valence-corrected chi connectivity index (χ1v) is 6.83. The summed E-state index contributed by atoms with van der Waals surface area (Å²) >= 11 is 1.91. The molecule has 0 saturated carbocycles. The first-order chi connectivity index (χ1) is 7.45. The highest BCUT2D eigenvalue weighted by atomic mass is 32.1. The molecular formula is C12H18N2S. The summed E-state index contributed by atoms with van der Waals surface area (Å²) in [7, 11) is 0. The average Bonchev–Trinajstić information content (AvgIpc) is 2.88. The summed E-state index contributed by atoms with van der Waals surface area (Å²) in [6.45, 7) is 3.63. The lowest BCUT2D eigenvalue weighted by atomic mass is 10.1. The van der Waals surface area contributed by atoms with Crippen LogP contribution in [0.5, 0.6) is 0 Å². The van der Waals surface area contributed by atoms with Crippen LogP contribution in [0, 0.1) is 0 Å². The van der Waals surface area contributed by atoms with Gasteiger partial charge in [0.05, 0.1) is 6.04 Å². The number of fused-ring (bicyclic) bond motifs is 1. The van der Waals surface area contributed by atoms with E-state index >= 15 is 0 Å². The van der Waals surface area contributed by atoms with Gasteiger partial charge < -0.3 is 5.32 Å². The fraction of sp³-hybridized carbons (Fsp3) is 0.667. The van der Waals surface area contributed by atoms with Crippen LogP contribution in [-0.4, -0.2) is 30.6 Å². The Balaban J connectivity index is 1.85. The van der Waals surface area contributed by atoms with Crippen molar-refractivity contribution >= 4 is 11.3 Å². The molecule has 1 N–H and O–H groups in total. The van der Waals surface area contributed by atoms with Crippen molar-refractivity contribution < 1.29 is 0 Å². The second kappa shape index (κ2) is 4.24. The van der Waals surface area contributed by atoms with Crippen molar-refractivity contribution in [2.45, 2.75) is 31.3 Å². The first kappa shape index (κ1) is 9.82. The molecule has 15 heavy (non-hydrogen) atoms. The van der Waals surface area contributed by atoms with Crippen LogP contribution in [-0.2, 0) is 0 Å². The third-order valence-corrected chi connectivity index (χ3v) is 4.66. The van der Waals surface area contributed by atoms with E-state index in [1.54, 1.807) is 0 Å². The maximum atomic E-state index is 3.58.